The molecular formula is C11H11N3. The number of amidine groups is 1. The normalized spacial score (nSPS) is 10.4. The quantitative estimate of drug-likeness (QED) is 0.526. The van der Waals surface area contributed by atoms with E-state index in [0.29, 0.717) is 5.69 Å². The van der Waals surface area contributed by atoms with Crippen LogP contribution in [0, 0.1) is 12.3 Å². The molecule has 0 aliphatic rings. The lowest BCUT2D eigenvalue weighted by Crippen LogP contribution is -2.14. The molecule has 70 valence electrons. The Labute approximate surface area is 82.1 Å². The van der Waals surface area contributed by atoms with Crippen molar-refractivity contribution in [2.75, 3.05) is 0 Å². The molecule has 0 aliphatic carbocycles. The number of benzene rings is 1. The van der Waals surface area contributed by atoms with E-state index in [1.807, 2.05) is 37.3 Å². The van der Waals surface area contributed by atoms with Crippen LogP contribution >= 0.6 is 0 Å². The molecule has 3 N–H and O–H groups in total. The summed E-state index contributed by atoms with van der Waals surface area (Å²) < 4.78 is 0. The van der Waals surface area contributed by atoms with Crippen LogP contribution < -0.4 is 5.73 Å². The van der Waals surface area contributed by atoms with Gasteiger partial charge in [-0.2, -0.15) is 0 Å². The average molecular weight is 185 g/mol. The third kappa shape index (κ3) is 1.33. The van der Waals surface area contributed by atoms with Crippen LogP contribution in [0.2, 0.25) is 0 Å². The molecule has 1 heterocycles. The van der Waals surface area contributed by atoms with Gasteiger partial charge in [0.1, 0.15) is 11.5 Å². The van der Waals surface area contributed by atoms with Crippen molar-refractivity contribution in [2.24, 2.45) is 5.73 Å². The summed E-state index contributed by atoms with van der Waals surface area (Å²) in [5.74, 6) is 0.0184. The molecule has 14 heavy (non-hydrogen) atoms. The van der Waals surface area contributed by atoms with Crippen molar-refractivity contribution in [3.8, 4) is 0 Å². The average Bonchev–Trinajstić information content (AvgIpc) is 2.16. The van der Waals surface area contributed by atoms with E-state index in [2.05, 4.69) is 4.98 Å². The predicted molar refractivity (Wildman–Crippen MR) is 57.5 cm³/mol. The summed E-state index contributed by atoms with van der Waals surface area (Å²) >= 11 is 0. The lowest BCUT2D eigenvalue weighted by Gasteiger charge is -2.05. The van der Waals surface area contributed by atoms with Crippen LogP contribution in [0.5, 0.6) is 0 Å². The topological polar surface area (TPSA) is 62.8 Å². The molecule has 0 aliphatic heterocycles. The lowest BCUT2D eigenvalue weighted by atomic mass is 10.1. The number of aromatic nitrogens is 1. The highest BCUT2D eigenvalue weighted by molar-refractivity contribution is 6.05. The molecule has 0 saturated heterocycles. The van der Waals surface area contributed by atoms with E-state index < -0.39 is 0 Å². The summed E-state index contributed by atoms with van der Waals surface area (Å²) in [6.07, 6.45) is 0. The molecule has 2 aromatic rings. The molecule has 0 bridgehead atoms. The van der Waals surface area contributed by atoms with Crippen molar-refractivity contribution in [3.05, 3.63) is 41.7 Å². The van der Waals surface area contributed by atoms with Gasteiger partial charge < -0.3 is 5.73 Å². The van der Waals surface area contributed by atoms with Gasteiger partial charge in [-0.1, -0.05) is 24.3 Å². The second kappa shape index (κ2) is 3.10. The molecule has 0 fully saturated rings. The molecule has 0 amide bonds. The second-order valence-corrected chi connectivity index (χ2v) is 3.25. The first-order valence-electron chi connectivity index (χ1n) is 4.39. The number of hydrogen-bond acceptors (Lipinski definition) is 2. The highest BCUT2D eigenvalue weighted by Gasteiger charge is 2.05. The SMILES string of the molecule is Cc1cc2ccccc2c(C(=N)N)n1. The molecule has 0 spiro atoms. The van der Waals surface area contributed by atoms with Gasteiger partial charge in [-0.05, 0) is 18.4 Å². The summed E-state index contributed by atoms with van der Waals surface area (Å²) in [5.41, 5.74) is 6.92. The fraction of sp³-hybridized carbons (Fsp3) is 0.0909. The van der Waals surface area contributed by atoms with Crippen molar-refractivity contribution >= 4 is 16.6 Å². The van der Waals surface area contributed by atoms with Crippen molar-refractivity contribution < 1.29 is 0 Å². The smallest absolute Gasteiger partial charge is 0.142 e. The third-order valence-corrected chi connectivity index (χ3v) is 2.12. The molecule has 0 saturated carbocycles. The van der Waals surface area contributed by atoms with Crippen LogP contribution in [0.25, 0.3) is 10.8 Å². The predicted octanol–water partition coefficient (Wildman–Crippen LogP) is 1.83. The molecule has 0 radical (unpaired) electrons. The zero-order chi connectivity index (χ0) is 10.1. The van der Waals surface area contributed by atoms with Gasteiger partial charge in [0.15, 0.2) is 0 Å². The van der Waals surface area contributed by atoms with Gasteiger partial charge in [-0.3, -0.25) is 5.41 Å². The van der Waals surface area contributed by atoms with E-state index in [4.69, 9.17) is 11.1 Å². The molecule has 1 aromatic heterocycles. The Morgan fingerprint density at radius 3 is 2.79 bits per heavy atom. The van der Waals surface area contributed by atoms with Gasteiger partial charge in [0.05, 0.1) is 0 Å². The van der Waals surface area contributed by atoms with Gasteiger partial charge in [-0.15, -0.1) is 0 Å². The molecule has 1 aromatic carbocycles. The standard InChI is InChI=1S/C11H11N3/c1-7-6-8-4-2-3-5-9(8)10(14-7)11(12)13/h2-6H,1H3,(H3,12,13). The second-order valence-electron chi connectivity index (χ2n) is 3.25. The maximum atomic E-state index is 7.43. The van der Waals surface area contributed by atoms with Crippen LogP contribution in [0.15, 0.2) is 30.3 Å². The maximum Gasteiger partial charge on any atom is 0.142 e. The fourth-order valence-electron chi connectivity index (χ4n) is 1.54. The highest BCUT2D eigenvalue weighted by atomic mass is 14.8. The first kappa shape index (κ1) is 8.69. The van der Waals surface area contributed by atoms with Gasteiger partial charge in [0, 0.05) is 11.1 Å². The zero-order valence-electron chi connectivity index (χ0n) is 7.91. The van der Waals surface area contributed by atoms with E-state index in [1.165, 1.54) is 0 Å². The number of nitrogens with one attached hydrogen (secondary N) is 1. The van der Waals surface area contributed by atoms with Crippen LogP contribution in [0.1, 0.15) is 11.4 Å². The Bertz CT molecular complexity index is 503. The van der Waals surface area contributed by atoms with Gasteiger partial charge in [-0.25, -0.2) is 4.98 Å². The van der Waals surface area contributed by atoms with E-state index in [-0.39, 0.29) is 5.84 Å². The van der Waals surface area contributed by atoms with Crippen molar-refractivity contribution in [2.45, 2.75) is 6.92 Å². The van der Waals surface area contributed by atoms with Gasteiger partial charge in [0.25, 0.3) is 0 Å². The Balaban J connectivity index is 2.87. The number of nitrogens with two attached hydrogens (primary N) is 1. The monoisotopic (exact) mass is 185 g/mol. The van der Waals surface area contributed by atoms with E-state index >= 15 is 0 Å². The summed E-state index contributed by atoms with van der Waals surface area (Å²) in [4.78, 5) is 4.25. The first-order valence-corrected chi connectivity index (χ1v) is 4.39. The summed E-state index contributed by atoms with van der Waals surface area (Å²) in [6.45, 7) is 1.90. The Morgan fingerprint density at radius 2 is 2.07 bits per heavy atom. The lowest BCUT2D eigenvalue weighted by molar-refractivity contribution is 1.19. The number of hydrogen-bond donors (Lipinski definition) is 2. The molecule has 3 nitrogen and oxygen atoms in total. The minimum Gasteiger partial charge on any atom is -0.382 e. The maximum absolute atomic E-state index is 7.43. The van der Waals surface area contributed by atoms with E-state index in [0.717, 1.165) is 16.5 Å². The summed E-state index contributed by atoms with van der Waals surface area (Å²) in [5, 5.41) is 9.44. The first-order chi connectivity index (χ1) is 6.68. The highest BCUT2D eigenvalue weighted by Crippen LogP contribution is 2.17. The number of rotatable bonds is 1. The Kier molecular flexibility index (Phi) is 1.93. The van der Waals surface area contributed by atoms with Crippen LogP contribution in [-0.4, -0.2) is 10.8 Å². The molecule has 0 atom stereocenters. The third-order valence-electron chi connectivity index (χ3n) is 2.12. The minimum atomic E-state index is 0.0184. The number of nitrogens with zero attached hydrogens (tertiary/aromatic N) is 1. The molecular weight excluding hydrogens is 174 g/mol. The molecule has 3 heteroatoms. The number of pyridine rings is 1. The largest absolute Gasteiger partial charge is 0.382 e. The zero-order valence-corrected chi connectivity index (χ0v) is 7.91. The fourth-order valence-corrected chi connectivity index (χ4v) is 1.54. The van der Waals surface area contributed by atoms with E-state index in [9.17, 15) is 0 Å². The van der Waals surface area contributed by atoms with Gasteiger partial charge in [0.2, 0.25) is 0 Å². The van der Waals surface area contributed by atoms with Crippen molar-refractivity contribution in [1.29, 1.82) is 5.41 Å². The van der Waals surface area contributed by atoms with Crippen LogP contribution in [0.3, 0.4) is 0 Å². The molecule has 2 rings (SSSR count). The number of fused-ring (bicyclic) bond motifs is 1. The van der Waals surface area contributed by atoms with Crippen LogP contribution in [0.4, 0.5) is 0 Å². The number of nitrogen functional groups attached to an aromatic ring is 1. The Hall–Kier alpha value is -1.90. The summed E-state index contributed by atoms with van der Waals surface area (Å²) in [6, 6.07) is 9.80. The Morgan fingerprint density at radius 1 is 1.36 bits per heavy atom. The van der Waals surface area contributed by atoms with Gasteiger partial charge >= 0.3 is 0 Å². The molecule has 0 unspecified atom stereocenters. The minimum absolute atomic E-state index is 0.0184. The van der Waals surface area contributed by atoms with Crippen LogP contribution in [-0.2, 0) is 0 Å². The number of aryl methyl sites for hydroxylation is 1. The summed E-state index contributed by atoms with van der Waals surface area (Å²) in [7, 11) is 0. The van der Waals surface area contributed by atoms with Crippen molar-refractivity contribution in [3.63, 3.8) is 0 Å². The van der Waals surface area contributed by atoms with E-state index in [1.54, 1.807) is 0 Å². The van der Waals surface area contributed by atoms with Crippen molar-refractivity contribution in [1.82, 2.24) is 4.98 Å².